The van der Waals surface area contributed by atoms with Gasteiger partial charge in [0.05, 0.1) is 5.92 Å². The third-order valence-corrected chi connectivity index (χ3v) is 4.65. The molecule has 2 rings (SSSR count). The molecule has 0 heterocycles. The quantitative estimate of drug-likeness (QED) is 0.578. The van der Waals surface area contributed by atoms with Crippen LogP contribution in [-0.4, -0.2) is 6.18 Å². The molecule has 23 heavy (non-hydrogen) atoms. The molecule has 0 N–H and O–H groups in total. The van der Waals surface area contributed by atoms with Crippen LogP contribution in [0, 0.1) is 0 Å². The normalized spacial score (nSPS) is 15.9. The van der Waals surface area contributed by atoms with Gasteiger partial charge in [0.25, 0.3) is 0 Å². The van der Waals surface area contributed by atoms with Gasteiger partial charge in [0, 0.05) is 0 Å². The van der Waals surface area contributed by atoms with E-state index in [1.165, 1.54) is 0 Å². The minimum Gasteiger partial charge on any atom is -0.170 e. The number of rotatable bonds is 5. The van der Waals surface area contributed by atoms with Crippen molar-refractivity contribution in [3.8, 4) is 0 Å². The van der Waals surface area contributed by atoms with E-state index >= 15 is 0 Å². The van der Waals surface area contributed by atoms with Crippen LogP contribution in [0.15, 0.2) is 54.6 Å². The van der Waals surface area contributed by atoms with Gasteiger partial charge in [0.15, 0.2) is 0 Å². The average Bonchev–Trinajstić information content (AvgIpc) is 2.54. The van der Waals surface area contributed by atoms with Crippen molar-refractivity contribution in [2.24, 2.45) is 0 Å². The van der Waals surface area contributed by atoms with Crippen molar-refractivity contribution in [1.82, 2.24) is 0 Å². The molecule has 0 aliphatic heterocycles. The first-order chi connectivity index (χ1) is 10.8. The predicted octanol–water partition coefficient (Wildman–Crippen LogP) is 6.65. The molecule has 124 valence electrons. The van der Waals surface area contributed by atoms with E-state index in [9.17, 15) is 13.2 Å². The summed E-state index contributed by atoms with van der Waals surface area (Å²) in [4.78, 5) is 0. The average molecular weight is 320 g/mol. The van der Waals surface area contributed by atoms with Gasteiger partial charge in [-0.3, -0.25) is 0 Å². The van der Waals surface area contributed by atoms with Crippen LogP contribution in [0.3, 0.4) is 0 Å². The lowest BCUT2D eigenvalue weighted by Crippen LogP contribution is -2.25. The maximum absolute atomic E-state index is 13.7. The minimum absolute atomic E-state index is 0.334. The first-order valence-corrected chi connectivity index (χ1v) is 8.06. The van der Waals surface area contributed by atoms with E-state index in [2.05, 4.69) is 13.8 Å². The van der Waals surface area contributed by atoms with Gasteiger partial charge in [0.1, 0.15) is 0 Å². The predicted molar refractivity (Wildman–Crippen MR) is 88.8 cm³/mol. The van der Waals surface area contributed by atoms with Crippen LogP contribution in [0.1, 0.15) is 61.6 Å². The first kappa shape index (κ1) is 17.6. The van der Waals surface area contributed by atoms with Gasteiger partial charge < -0.3 is 0 Å². The molecule has 3 heteroatoms. The Bertz CT molecular complexity index is 599. The van der Waals surface area contributed by atoms with Gasteiger partial charge >= 0.3 is 6.18 Å². The van der Waals surface area contributed by atoms with Gasteiger partial charge in [0.2, 0.25) is 0 Å². The molecule has 3 atom stereocenters. The molecule has 0 nitrogen and oxygen atoms in total. The second-order valence-electron chi connectivity index (χ2n) is 6.19. The van der Waals surface area contributed by atoms with Crippen molar-refractivity contribution in [2.45, 2.75) is 51.1 Å². The Balaban J connectivity index is 2.36. The molecule has 0 saturated carbocycles. The van der Waals surface area contributed by atoms with Crippen LogP contribution in [0.4, 0.5) is 13.2 Å². The molecule has 0 spiro atoms. The summed E-state index contributed by atoms with van der Waals surface area (Å²) in [6, 6.07) is 15.8. The Labute approximate surface area is 136 Å². The third kappa shape index (κ3) is 4.15. The van der Waals surface area contributed by atoms with Gasteiger partial charge in [-0.1, -0.05) is 75.4 Å². The van der Waals surface area contributed by atoms with Gasteiger partial charge in [-0.2, -0.15) is 13.2 Å². The zero-order valence-corrected chi connectivity index (χ0v) is 13.8. The summed E-state index contributed by atoms with van der Waals surface area (Å²) in [5, 5.41) is 0. The zero-order chi connectivity index (χ0) is 17.0. The van der Waals surface area contributed by atoms with E-state index in [1.807, 2.05) is 18.2 Å². The lowest BCUT2D eigenvalue weighted by molar-refractivity contribution is -0.154. The van der Waals surface area contributed by atoms with E-state index in [4.69, 9.17) is 0 Å². The molecule has 1 unspecified atom stereocenters. The van der Waals surface area contributed by atoms with Crippen molar-refractivity contribution in [1.29, 1.82) is 0 Å². The van der Waals surface area contributed by atoms with E-state index < -0.39 is 18.0 Å². The number of halogens is 3. The van der Waals surface area contributed by atoms with Crippen molar-refractivity contribution in [3.63, 3.8) is 0 Å². The van der Waals surface area contributed by atoms with Crippen LogP contribution in [0.25, 0.3) is 0 Å². The van der Waals surface area contributed by atoms with Crippen LogP contribution in [-0.2, 0) is 0 Å². The molecular formula is C20H23F3. The maximum atomic E-state index is 13.7. The highest BCUT2D eigenvalue weighted by Crippen LogP contribution is 2.44. The molecule has 0 fully saturated rings. The molecule has 0 saturated heterocycles. The molecule has 0 aromatic heterocycles. The van der Waals surface area contributed by atoms with E-state index in [0.717, 1.165) is 12.0 Å². The largest absolute Gasteiger partial charge is 0.396 e. The second-order valence-corrected chi connectivity index (χ2v) is 6.19. The topological polar surface area (TPSA) is 0 Å². The second kappa shape index (κ2) is 7.20. The summed E-state index contributed by atoms with van der Waals surface area (Å²) in [5.41, 5.74) is 2.13. The maximum Gasteiger partial charge on any atom is 0.396 e. The van der Waals surface area contributed by atoms with E-state index in [1.54, 1.807) is 43.3 Å². The van der Waals surface area contributed by atoms with Crippen molar-refractivity contribution in [3.05, 3.63) is 71.3 Å². The molecule has 0 aliphatic rings. The number of benzene rings is 2. The molecule has 2 aromatic rings. The monoisotopic (exact) mass is 320 g/mol. The van der Waals surface area contributed by atoms with Crippen LogP contribution >= 0.6 is 0 Å². The Kier molecular flexibility index (Phi) is 5.51. The highest BCUT2D eigenvalue weighted by atomic mass is 19.4. The van der Waals surface area contributed by atoms with Crippen molar-refractivity contribution < 1.29 is 13.2 Å². The summed E-state index contributed by atoms with van der Waals surface area (Å²) in [6.45, 7) is 5.81. The van der Waals surface area contributed by atoms with Crippen molar-refractivity contribution in [2.75, 3.05) is 0 Å². The van der Waals surface area contributed by atoms with E-state index in [0.29, 0.717) is 17.0 Å². The smallest absolute Gasteiger partial charge is 0.170 e. The summed E-state index contributed by atoms with van der Waals surface area (Å²) in [6.07, 6.45) is -3.30. The molecule has 0 radical (unpaired) electrons. The van der Waals surface area contributed by atoms with Gasteiger partial charge in [-0.05, 0) is 34.9 Å². The van der Waals surface area contributed by atoms with Gasteiger partial charge in [-0.25, -0.2) is 0 Å². The number of hydrogen-bond acceptors (Lipinski definition) is 0. The first-order valence-electron chi connectivity index (χ1n) is 8.06. The lowest BCUT2D eigenvalue weighted by atomic mass is 9.81. The minimum atomic E-state index is -4.27. The Morgan fingerprint density at radius 1 is 0.783 bits per heavy atom. The standard InChI is InChI=1S/C20H23F3/c1-4-14(2)16-10-12-18(13-11-16)19(20(21,22)23)15(3)17-8-6-5-7-9-17/h5-15,19H,4H2,1-3H3/t14-,15+,19?/m0/s1. The van der Waals surface area contributed by atoms with E-state index in [-0.39, 0.29) is 0 Å². The highest BCUT2D eigenvalue weighted by molar-refractivity contribution is 5.32. The number of alkyl halides is 3. The van der Waals surface area contributed by atoms with Crippen LogP contribution in [0.2, 0.25) is 0 Å². The summed E-state index contributed by atoms with van der Waals surface area (Å²) in [5.74, 6) is -1.75. The summed E-state index contributed by atoms with van der Waals surface area (Å²) in [7, 11) is 0. The fourth-order valence-corrected chi connectivity index (χ4v) is 2.98. The molecule has 0 aliphatic carbocycles. The van der Waals surface area contributed by atoms with Gasteiger partial charge in [-0.15, -0.1) is 0 Å². The SMILES string of the molecule is CC[C@H](C)c1ccc(C([C@H](C)c2ccccc2)C(F)(F)F)cc1. The zero-order valence-electron chi connectivity index (χ0n) is 13.8. The Morgan fingerprint density at radius 2 is 1.30 bits per heavy atom. The van der Waals surface area contributed by atoms with Crippen molar-refractivity contribution >= 4 is 0 Å². The Hall–Kier alpha value is -1.77. The lowest BCUT2D eigenvalue weighted by Gasteiger charge is -2.27. The third-order valence-electron chi connectivity index (χ3n) is 4.65. The number of hydrogen-bond donors (Lipinski definition) is 0. The molecule has 0 amide bonds. The summed E-state index contributed by atoms with van der Waals surface area (Å²) < 4.78 is 41.0. The fourth-order valence-electron chi connectivity index (χ4n) is 2.98. The molecule has 2 aromatic carbocycles. The molecule has 0 bridgehead atoms. The van der Waals surface area contributed by atoms with Crippen LogP contribution < -0.4 is 0 Å². The Morgan fingerprint density at radius 3 is 1.78 bits per heavy atom. The highest BCUT2D eigenvalue weighted by Gasteiger charge is 2.44. The fraction of sp³-hybridized carbons (Fsp3) is 0.400. The van der Waals surface area contributed by atoms with Crippen LogP contribution in [0.5, 0.6) is 0 Å². The summed E-state index contributed by atoms with van der Waals surface area (Å²) >= 11 is 0. The molecular weight excluding hydrogens is 297 g/mol.